The van der Waals surface area contributed by atoms with Crippen molar-refractivity contribution in [1.29, 1.82) is 0 Å². The summed E-state index contributed by atoms with van der Waals surface area (Å²) in [6, 6.07) is -0.576. The van der Waals surface area contributed by atoms with Crippen LogP contribution in [0.5, 0.6) is 0 Å². The third-order valence-electron chi connectivity index (χ3n) is 1.47. The second kappa shape index (κ2) is 3.24. The van der Waals surface area contributed by atoms with Crippen LogP contribution < -0.4 is 34.4 Å². The molecule has 0 aromatic carbocycles. The maximum Gasteiger partial charge on any atom is 0.109 e. The molecule has 6 nitrogen and oxygen atoms in total. The second-order valence-electron chi connectivity index (χ2n) is 2.37. The summed E-state index contributed by atoms with van der Waals surface area (Å²) < 4.78 is 0. The summed E-state index contributed by atoms with van der Waals surface area (Å²) in [5.74, 6) is 0. The van der Waals surface area contributed by atoms with Gasteiger partial charge in [-0.15, -0.1) is 0 Å². The third-order valence-corrected chi connectivity index (χ3v) is 1.47. The van der Waals surface area contributed by atoms with Crippen molar-refractivity contribution in [2.75, 3.05) is 6.54 Å². The summed E-state index contributed by atoms with van der Waals surface area (Å²) in [6.07, 6.45) is -0.856. The minimum absolute atomic E-state index is 0.165. The highest BCUT2D eigenvalue weighted by Gasteiger charge is 2.31. The molecule has 0 amide bonds. The van der Waals surface area contributed by atoms with Crippen LogP contribution in [0.3, 0.4) is 0 Å². The molecule has 0 radical (unpaired) electrons. The number of hydrogen-bond acceptors (Lipinski definition) is 6. The highest BCUT2D eigenvalue weighted by atomic mass is 15.1. The van der Waals surface area contributed by atoms with Crippen molar-refractivity contribution >= 4 is 0 Å². The summed E-state index contributed by atoms with van der Waals surface area (Å²) >= 11 is 0. The minimum Gasteiger partial charge on any atom is -0.329 e. The fourth-order valence-corrected chi connectivity index (χ4v) is 0.451. The Morgan fingerprint density at radius 2 is 1.50 bits per heavy atom. The summed E-state index contributed by atoms with van der Waals surface area (Å²) in [5, 5.41) is 0. The smallest absolute Gasteiger partial charge is 0.109 e. The molecule has 62 valence electrons. The molecule has 10 heavy (non-hydrogen) atoms. The fourth-order valence-electron chi connectivity index (χ4n) is 0.451. The first-order valence-electron chi connectivity index (χ1n) is 2.97. The van der Waals surface area contributed by atoms with Gasteiger partial charge in [0.2, 0.25) is 0 Å². The SMILES string of the molecule is NCC(N)C(N)(N)C(N)N. The second-order valence-corrected chi connectivity index (χ2v) is 2.37. The first-order valence-corrected chi connectivity index (χ1v) is 2.97. The molecule has 0 rings (SSSR count). The van der Waals surface area contributed by atoms with Crippen LogP contribution in [0, 0.1) is 0 Å². The molecular formula is C4H16N6. The lowest BCUT2D eigenvalue weighted by Crippen LogP contribution is -2.75. The Kier molecular flexibility index (Phi) is 3.16. The van der Waals surface area contributed by atoms with Crippen molar-refractivity contribution in [1.82, 2.24) is 0 Å². The maximum atomic E-state index is 5.44. The Labute approximate surface area is 59.9 Å². The summed E-state index contributed by atoms with van der Waals surface area (Å²) in [5.41, 5.74) is 30.7. The molecule has 0 aliphatic rings. The van der Waals surface area contributed by atoms with Crippen LogP contribution >= 0.6 is 0 Å². The molecule has 0 fully saturated rings. The lowest BCUT2D eigenvalue weighted by atomic mass is 10.0. The highest BCUT2D eigenvalue weighted by molar-refractivity contribution is 4.94. The van der Waals surface area contributed by atoms with Gasteiger partial charge in [-0.05, 0) is 0 Å². The summed E-state index contributed by atoms with van der Waals surface area (Å²) in [7, 11) is 0. The van der Waals surface area contributed by atoms with Crippen LogP contribution in [0.15, 0.2) is 0 Å². The van der Waals surface area contributed by atoms with E-state index in [-0.39, 0.29) is 6.54 Å². The predicted octanol–water partition coefficient (Wildman–Crippen LogP) is -3.87. The van der Waals surface area contributed by atoms with E-state index >= 15 is 0 Å². The lowest BCUT2D eigenvalue weighted by Gasteiger charge is -2.33. The highest BCUT2D eigenvalue weighted by Crippen LogP contribution is 1.95. The molecule has 0 bridgehead atoms. The standard InChI is InChI=1S/C4H16N6/c5-1-2(6)4(9,10)3(7)8/h2-3H,1,5-10H2. The molecule has 0 saturated carbocycles. The normalized spacial score (nSPS) is 15.9. The molecule has 0 aromatic heterocycles. The van der Waals surface area contributed by atoms with Gasteiger partial charge in [-0.2, -0.15) is 0 Å². The van der Waals surface area contributed by atoms with Gasteiger partial charge < -0.3 is 34.4 Å². The van der Waals surface area contributed by atoms with E-state index in [1.165, 1.54) is 0 Å². The van der Waals surface area contributed by atoms with E-state index < -0.39 is 17.9 Å². The van der Waals surface area contributed by atoms with E-state index in [9.17, 15) is 0 Å². The van der Waals surface area contributed by atoms with Crippen LogP contribution in [0.4, 0.5) is 0 Å². The zero-order valence-electron chi connectivity index (χ0n) is 5.83. The molecule has 6 heteroatoms. The average molecular weight is 148 g/mol. The van der Waals surface area contributed by atoms with Gasteiger partial charge in [0.15, 0.2) is 0 Å². The van der Waals surface area contributed by atoms with E-state index in [0.717, 1.165) is 0 Å². The van der Waals surface area contributed by atoms with Crippen LogP contribution in [0.25, 0.3) is 0 Å². The van der Waals surface area contributed by atoms with Gasteiger partial charge in [-0.25, -0.2) is 0 Å². The minimum atomic E-state index is -1.28. The van der Waals surface area contributed by atoms with Gasteiger partial charge in [0.25, 0.3) is 0 Å². The maximum absolute atomic E-state index is 5.44. The van der Waals surface area contributed by atoms with Gasteiger partial charge in [0, 0.05) is 6.54 Å². The number of hydrogen-bond donors (Lipinski definition) is 6. The van der Waals surface area contributed by atoms with E-state index in [1.54, 1.807) is 0 Å². The number of rotatable bonds is 3. The van der Waals surface area contributed by atoms with Crippen molar-refractivity contribution in [2.24, 2.45) is 34.4 Å². The molecule has 0 aliphatic carbocycles. The average Bonchev–Trinajstić information content (AvgIpc) is 1.86. The van der Waals surface area contributed by atoms with Crippen molar-refractivity contribution in [3.05, 3.63) is 0 Å². The van der Waals surface area contributed by atoms with E-state index in [4.69, 9.17) is 34.4 Å². The Morgan fingerprint density at radius 3 is 1.60 bits per heavy atom. The van der Waals surface area contributed by atoms with Crippen molar-refractivity contribution in [3.63, 3.8) is 0 Å². The molecule has 0 aliphatic heterocycles. The number of nitrogens with two attached hydrogens (primary N) is 6. The Morgan fingerprint density at radius 1 is 1.10 bits per heavy atom. The molecule has 0 heterocycles. The molecule has 0 aromatic rings. The molecule has 0 saturated heterocycles. The van der Waals surface area contributed by atoms with Crippen LogP contribution in [0.2, 0.25) is 0 Å². The van der Waals surface area contributed by atoms with E-state index in [0.29, 0.717) is 0 Å². The Hall–Kier alpha value is -0.240. The van der Waals surface area contributed by atoms with Crippen LogP contribution in [0.1, 0.15) is 0 Å². The zero-order chi connectivity index (χ0) is 8.36. The quantitative estimate of drug-likeness (QED) is 0.225. The van der Waals surface area contributed by atoms with Gasteiger partial charge >= 0.3 is 0 Å². The Balaban J connectivity index is 4.09. The van der Waals surface area contributed by atoms with Crippen molar-refractivity contribution < 1.29 is 0 Å². The van der Waals surface area contributed by atoms with Crippen molar-refractivity contribution in [3.8, 4) is 0 Å². The molecule has 1 atom stereocenters. The van der Waals surface area contributed by atoms with Crippen LogP contribution in [-0.4, -0.2) is 24.4 Å². The molecule has 12 N–H and O–H groups in total. The Bertz CT molecular complexity index is 99.9. The largest absolute Gasteiger partial charge is 0.329 e. The summed E-state index contributed by atoms with van der Waals surface area (Å²) in [4.78, 5) is 0. The molecule has 1 unspecified atom stereocenters. The van der Waals surface area contributed by atoms with Gasteiger partial charge in [0.1, 0.15) is 5.66 Å². The summed E-state index contributed by atoms with van der Waals surface area (Å²) in [6.45, 7) is 0.165. The molecule has 0 spiro atoms. The first kappa shape index (κ1) is 9.76. The van der Waals surface area contributed by atoms with Gasteiger partial charge in [-0.3, -0.25) is 0 Å². The van der Waals surface area contributed by atoms with E-state index in [2.05, 4.69) is 0 Å². The third kappa shape index (κ3) is 1.87. The van der Waals surface area contributed by atoms with Crippen molar-refractivity contribution in [2.45, 2.75) is 17.9 Å². The molecular weight excluding hydrogens is 132 g/mol. The van der Waals surface area contributed by atoms with Gasteiger partial charge in [0.05, 0.1) is 12.2 Å². The topological polar surface area (TPSA) is 156 Å². The van der Waals surface area contributed by atoms with Crippen LogP contribution in [-0.2, 0) is 0 Å². The predicted molar refractivity (Wildman–Crippen MR) is 40.3 cm³/mol. The fraction of sp³-hybridized carbons (Fsp3) is 1.00. The first-order chi connectivity index (χ1) is 4.42. The monoisotopic (exact) mass is 148 g/mol. The zero-order valence-corrected chi connectivity index (χ0v) is 5.83. The van der Waals surface area contributed by atoms with E-state index in [1.807, 2.05) is 0 Å². The van der Waals surface area contributed by atoms with Gasteiger partial charge in [-0.1, -0.05) is 0 Å². The lowest BCUT2D eigenvalue weighted by molar-refractivity contribution is 0.299.